The van der Waals surface area contributed by atoms with Crippen molar-refractivity contribution in [3.8, 4) is 11.5 Å². The molecule has 0 spiro atoms. The Bertz CT molecular complexity index is 758. The Morgan fingerprint density at radius 2 is 2.08 bits per heavy atom. The summed E-state index contributed by atoms with van der Waals surface area (Å²) < 4.78 is 5.53. The molecule has 2 amide bonds. The van der Waals surface area contributed by atoms with E-state index in [0.29, 0.717) is 18.8 Å². The van der Waals surface area contributed by atoms with E-state index in [1.807, 2.05) is 12.1 Å². The van der Waals surface area contributed by atoms with Crippen LogP contribution in [0.15, 0.2) is 36.4 Å². The zero-order valence-corrected chi connectivity index (χ0v) is 14.0. The maximum atomic E-state index is 12.5. The first-order valence-corrected chi connectivity index (χ1v) is 8.15. The van der Waals surface area contributed by atoms with Gasteiger partial charge in [-0.1, -0.05) is 19.4 Å². The summed E-state index contributed by atoms with van der Waals surface area (Å²) in [5.41, 5.74) is 3.99. The molecular weight excluding hydrogens is 304 g/mol. The molecule has 0 fully saturated rings. The molecule has 5 nitrogen and oxygen atoms in total. The number of hydrogen-bond acceptors (Lipinski definition) is 3. The largest absolute Gasteiger partial charge is 0.508 e. The van der Waals surface area contributed by atoms with Crippen LogP contribution in [0, 0.1) is 0 Å². The van der Waals surface area contributed by atoms with E-state index in [-0.39, 0.29) is 11.8 Å². The molecule has 0 aliphatic carbocycles. The number of nitrogens with one attached hydrogen (secondary N) is 1. The van der Waals surface area contributed by atoms with E-state index < -0.39 is 0 Å². The Kier molecular flexibility index (Phi) is 4.60. The van der Waals surface area contributed by atoms with Gasteiger partial charge >= 0.3 is 6.03 Å². The van der Waals surface area contributed by atoms with Gasteiger partial charge < -0.3 is 15.2 Å². The van der Waals surface area contributed by atoms with Gasteiger partial charge in [-0.2, -0.15) is 0 Å². The summed E-state index contributed by atoms with van der Waals surface area (Å²) >= 11 is 0. The number of carbonyl (C=O) groups is 1. The highest BCUT2D eigenvalue weighted by Crippen LogP contribution is 2.30. The number of anilines is 1. The number of methoxy groups -OCH3 is 1. The number of rotatable bonds is 4. The number of phenols is 1. The minimum absolute atomic E-state index is 0.139. The van der Waals surface area contributed by atoms with E-state index in [1.54, 1.807) is 30.2 Å². The Labute approximate surface area is 141 Å². The van der Waals surface area contributed by atoms with Crippen LogP contribution in [0.3, 0.4) is 0 Å². The van der Waals surface area contributed by atoms with Crippen molar-refractivity contribution in [2.45, 2.75) is 32.9 Å². The lowest BCUT2D eigenvalue weighted by atomic mass is 10.00. The second-order valence-electron chi connectivity index (χ2n) is 5.95. The number of ether oxygens (including phenoxy) is 1. The van der Waals surface area contributed by atoms with Crippen LogP contribution in [0.2, 0.25) is 0 Å². The number of urea groups is 1. The third kappa shape index (κ3) is 3.15. The third-order valence-corrected chi connectivity index (χ3v) is 4.27. The minimum atomic E-state index is -0.173. The highest BCUT2D eigenvalue weighted by molar-refractivity contribution is 5.92. The van der Waals surface area contributed by atoms with Crippen LogP contribution in [0.5, 0.6) is 11.5 Å². The molecule has 0 saturated carbocycles. The molecule has 2 aromatic carbocycles. The summed E-state index contributed by atoms with van der Waals surface area (Å²) in [6.45, 7) is 3.06. The maximum absolute atomic E-state index is 12.5. The highest BCUT2D eigenvalue weighted by Gasteiger charge is 2.23. The lowest BCUT2D eigenvalue weighted by Crippen LogP contribution is -2.36. The second-order valence-corrected chi connectivity index (χ2v) is 5.95. The molecule has 1 aliphatic heterocycles. The number of phenolic OH excluding ortho intramolecular Hbond substituents is 1. The molecule has 0 radical (unpaired) electrons. The molecule has 126 valence electrons. The lowest BCUT2D eigenvalue weighted by molar-refractivity contribution is 0.246. The third-order valence-electron chi connectivity index (χ3n) is 4.27. The van der Waals surface area contributed by atoms with Crippen LogP contribution in [0.1, 0.15) is 30.0 Å². The number of aromatic hydroxyl groups is 1. The summed E-state index contributed by atoms with van der Waals surface area (Å²) in [6, 6.07) is 10.7. The molecule has 2 N–H and O–H groups in total. The standard InChI is InChI=1S/C19H22N2O3/c1-3-5-13-8-14-11-20-19(23)21(12-15(14)9-18(13)24-2)16-6-4-7-17(22)10-16/h4,6-10,22H,3,5,11-12H2,1-2H3,(H,20,23). The fraction of sp³-hybridized carbons (Fsp3) is 0.316. The first-order chi connectivity index (χ1) is 11.6. The lowest BCUT2D eigenvalue weighted by Gasteiger charge is -2.21. The minimum Gasteiger partial charge on any atom is -0.508 e. The van der Waals surface area contributed by atoms with E-state index >= 15 is 0 Å². The van der Waals surface area contributed by atoms with Crippen molar-refractivity contribution < 1.29 is 14.6 Å². The molecule has 24 heavy (non-hydrogen) atoms. The first kappa shape index (κ1) is 16.2. The van der Waals surface area contributed by atoms with Crippen LogP contribution in [0.25, 0.3) is 0 Å². The van der Waals surface area contributed by atoms with E-state index in [0.717, 1.165) is 29.7 Å². The molecule has 0 aromatic heterocycles. The zero-order chi connectivity index (χ0) is 17.1. The Hall–Kier alpha value is -2.69. The molecule has 1 aliphatic rings. The van der Waals surface area contributed by atoms with Crippen molar-refractivity contribution >= 4 is 11.7 Å². The molecule has 1 heterocycles. The van der Waals surface area contributed by atoms with Crippen molar-refractivity contribution in [2.24, 2.45) is 0 Å². The summed E-state index contributed by atoms with van der Waals surface area (Å²) in [6.07, 6.45) is 1.98. The average Bonchev–Trinajstić information content (AvgIpc) is 2.73. The van der Waals surface area contributed by atoms with Crippen molar-refractivity contribution in [1.82, 2.24) is 5.32 Å². The fourth-order valence-electron chi connectivity index (χ4n) is 3.06. The number of amides is 2. The average molecular weight is 326 g/mol. The van der Waals surface area contributed by atoms with Crippen molar-refractivity contribution in [3.63, 3.8) is 0 Å². The van der Waals surface area contributed by atoms with Crippen LogP contribution in [0.4, 0.5) is 10.5 Å². The van der Waals surface area contributed by atoms with Gasteiger partial charge in [0.25, 0.3) is 0 Å². The quantitative estimate of drug-likeness (QED) is 0.903. The van der Waals surface area contributed by atoms with Gasteiger partial charge in [0.2, 0.25) is 0 Å². The number of benzene rings is 2. The maximum Gasteiger partial charge on any atom is 0.322 e. The van der Waals surface area contributed by atoms with Crippen molar-refractivity contribution in [1.29, 1.82) is 0 Å². The Balaban J connectivity index is 2.00. The molecule has 0 atom stereocenters. The van der Waals surface area contributed by atoms with Gasteiger partial charge in [0.15, 0.2) is 0 Å². The topological polar surface area (TPSA) is 61.8 Å². The molecule has 0 bridgehead atoms. The van der Waals surface area contributed by atoms with E-state index in [2.05, 4.69) is 18.3 Å². The summed E-state index contributed by atoms with van der Waals surface area (Å²) in [7, 11) is 1.67. The number of fused-ring (bicyclic) bond motifs is 1. The van der Waals surface area contributed by atoms with Gasteiger partial charge in [0, 0.05) is 18.3 Å². The number of hydrogen-bond donors (Lipinski definition) is 2. The summed E-state index contributed by atoms with van der Waals surface area (Å²) in [5, 5.41) is 12.6. The normalized spacial score (nSPS) is 13.9. The molecule has 5 heteroatoms. The zero-order valence-electron chi connectivity index (χ0n) is 14.0. The highest BCUT2D eigenvalue weighted by atomic mass is 16.5. The smallest absolute Gasteiger partial charge is 0.322 e. The molecule has 0 saturated heterocycles. The van der Waals surface area contributed by atoms with Gasteiger partial charge in [-0.15, -0.1) is 0 Å². The molecule has 0 unspecified atom stereocenters. The van der Waals surface area contributed by atoms with Gasteiger partial charge in [-0.3, -0.25) is 4.90 Å². The molecule has 2 aromatic rings. The SMILES string of the molecule is CCCc1cc2c(cc1OC)CN(c1cccc(O)c1)C(=O)NC2. The monoisotopic (exact) mass is 326 g/mol. The van der Waals surface area contributed by atoms with Crippen LogP contribution >= 0.6 is 0 Å². The number of nitrogens with zero attached hydrogens (tertiary/aromatic N) is 1. The van der Waals surface area contributed by atoms with Gasteiger partial charge in [0.1, 0.15) is 11.5 Å². The molecule has 3 rings (SSSR count). The van der Waals surface area contributed by atoms with Crippen molar-refractivity contribution in [2.75, 3.05) is 12.0 Å². The van der Waals surface area contributed by atoms with Crippen LogP contribution in [-0.4, -0.2) is 18.2 Å². The second kappa shape index (κ2) is 6.83. The number of aryl methyl sites for hydroxylation is 1. The first-order valence-electron chi connectivity index (χ1n) is 8.15. The number of carbonyl (C=O) groups excluding carboxylic acids is 1. The van der Waals surface area contributed by atoms with Gasteiger partial charge in [-0.25, -0.2) is 4.79 Å². The van der Waals surface area contributed by atoms with Crippen LogP contribution < -0.4 is 15.0 Å². The predicted octanol–water partition coefficient (Wildman–Crippen LogP) is 3.58. The van der Waals surface area contributed by atoms with Gasteiger partial charge in [-0.05, 0) is 47.4 Å². The van der Waals surface area contributed by atoms with Crippen molar-refractivity contribution in [3.05, 3.63) is 53.1 Å². The Morgan fingerprint density at radius 1 is 1.25 bits per heavy atom. The molecular formula is C19H22N2O3. The Morgan fingerprint density at radius 3 is 2.79 bits per heavy atom. The summed E-state index contributed by atoms with van der Waals surface area (Å²) in [5.74, 6) is 1.00. The predicted molar refractivity (Wildman–Crippen MR) is 93.5 cm³/mol. The van der Waals surface area contributed by atoms with E-state index in [1.165, 1.54) is 5.56 Å². The fourth-order valence-corrected chi connectivity index (χ4v) is 3.06. The van der Waals surface area contributed by atoms with E-state index in [9.17, 15) is 9.90 Å². The summed E-state index contributed by atoms with van der Waals surface area (Å²) in [4.78, 5) is 14.1. The van der Waals surface area contributed by atoms with Gasteiger partial charge in [0.05, 0.1) is 13.7 Å². The van der Waals surface area contributed by atoms with Crippen LogP contribution in [-0.2, 0) is 19.5 Å². The van der Waals surface area contributed by atoms with E-state index in [4.69, 9.17) is 4.74 Å².